The Morgan fingerprint density at radius 3 is 2.56 bits per heavy atom. The molecule has 6 atom stereocenters. The van der Waals surface area contributed by atoms with Crippen molar-refractivity contribution >= 4 is 41.7 Å². The highest BCUT2D eigenvalue weighted by molar-refractivity contribution is 7.86. The van der Waals surface area contributed by atoms with Gasteiger partial charge in [0, 0.05) is 23.5 Å². The van der Waals surface area contributed by atoms with E-state index in [1.807, 2.05) is 18.2 Å². The summed E-state index contributed by atoms with van der Waals surface area (Å²) in [5.41, 5.74) is 3.81. The minimum Gasteiger partial charge on any atom is -0.490 e. The monoisotopic (exact) mass is 745 g/mol. The molecule has 1 heterocycles. The number of rotatable bonds is 9. The Kier molecular flexibility index (Phi) is 10.8. The predicted octanol–water partition coefficient (Wildman–Crippen LogP) is 8.55. The van der Waals surface area contributed by atoms with Crippen molar-refractivity contribution in [1.82, 2.24) is 0 Å². The molecule has 2 saturated carbocycles. The van der Waals surface area contributed by atoms with E-state index in [1.165, 1.54) is 18.2 Å². The first-order chi connectivity index (χ1) is 23.5. The van der Waals surface area contributed by atoms with Gasteiger partial charge in [-0.3, -0.25) is 4.18 Å². The molecule has 0 saturated heterocycles. The number of carbonyl (C=O) groups is 1. The van der Waals surface area contributed by atoms with Gasteiger partial charge in [0.05, 0.1) is 43.4 Å². The third-order valence-electron chi connectivity index (χ3n) is 12.5. The van der Waals surface area contributed by atoms with Crippen molar-refractivity contribution in [3.8, 4) is 5.75 Å². The number of ether oxygens (including phenoxy) is 2. The number of aryl methyl sites for hydroxylation is 1. The van der Waals surface area contributed by atoms with Crippen LogP contribution in [0.25, 0.3) is 0 Å². The van der Waals surface area contributed by atoms with Crippen molar-refractivity contribution in [2.75, 3.05) is 38.0 Å². The molecule has 1 spiro atoms. The summed E-state index contributed by atoms with van der Waals surface area (Å²) in [5.74, 6) is 1.34. The quantitative estimate of drug-likeness (QED) is 0.143. The molecule has 2 aromatic rings. The van der Waals surface area contributed by atoms with Crippen LogP contribution in [0.2, 0.25) is 23.2 Å². The molecule has 8 nitrogen and oxygen atoms in total. The molecule has 2 fully saturated rings. The molecule has 50 heavy (non-hydrogen) atoms. The highest BCUT2D eigenvalue weighted by Gasteiger charge is 2.49. The summed E-state index contributed by atoms with van der Waals surface area (Å²) in [6.07, 6.45) is 9.48. The zero-order valence-corrected chi connectivity index (χ0v) is 33.5. The van der Waals surface area contributed by atoms with Gasteiger partial charge in [0.25, 0.3) is 10.1 Å². The third-order valence-corrected chi connectivity index (χ3v) is 17.8. The van der Waals surface area contributed by atoms with Crippen LogP contribution >= 0.6 is 11.6 Å². The Hall–Kier alpha value is -2.11. The highest BCUT2D eigenvalue weighted by atomic mass is 35.5. The molecule has 0 N–H and O–H groups in total. The molecule has 6 rings (SSSR count). The lowest BCUT2D eigenvalue weighted by Gasteiger charge is -2.52. The predicted molar refractivity (Wildman–Crippen MR) is 202 cm³/mol. The van der Waals surface area contributed by atoms with Gasteiger partial charge in [-0.25, -0.2) is 4.79 Å². The van der Waals surface area contributed by atoms with Gasteiger partial charge < -0.3 is 18.8 Å². The van der Waals surface area contributed by atoms with E-state index in [0.29, 0.717) is 30.4 Å². The fourth-order valence-electron chi connectivity index (χ4n) is 8.76. The zero-order chi connectivity index (χ0) is 36.1. The number of carbonyl (C=O) groups excluding carboxylic acids is 1. The number of hydrogen-bond acceptors (Lipinski definition) is 8. The van der Waals surface area contributed by atoms with Crippen molar-refractivity contribution in [3.05, 3.63) is 58.1 Å². The van der Waals surface area contributed by atoms with E-state index in [1.54, 1.807) is 6.07 Å². The highest BCUT2D eigenvalue weighted by Crippen LogP contribution is 2.50. The van der Waals surface area contributed by atoms with E-state index in [-0.39, 0.29) is 34.5 Å². The van der Waals surface area contributed by atoms with E-state index < -0.39 is 18.4 Å². The second kappa shape index (κ2) is 14.4. The number of nitrogens with zero attached hydrogens (tertiary/aromatic N) is 1. The maximum absolute atomic E-state index is 12.8. The normalized spacial score (nSPS) is 27.7. The topological polar surface area (TPSA) is 91.4 Å². The van der Waals surface area contributed by atoms with Crippen LogP contribution in [0.1, 0.15) is 93.6 Å². The van der Waals surface area contributed by atoms with Crippen LogP contribution in [0.15, 0.2) is 36.4 Å². The summed E-state index contributed by atoms with van der Waals surface area (Å²) < 4.78 is 49.1. The molecule has 3 aliphatic carbocycles. The second-order valence-corrected chi connectivity index (χ2v) is 23.8. The molecule has 276 valence electrons. The van der Waals surface area contributed by atoms with Crippen LogP contribution in [0, 0.1) is 17.8 Å². The van der Waals surface area contributed by atoms with Crippen LogP contribution in [-0.2, 0) is 35.3 Å². The maximum atomic E-state index is 12.8. The molecule has 2 aromatic carbocycles. The molecule has 0 aromatic heterocycles. The lowest BCUT2D eigenvalue weighted by Crippen LogP contribution is -2.54. The van der Waals surface area contributed by atoms with Crippen molar-refractivity contribution in [2.45, 2.75) is 114 Å². The summed E-state index contributed by atoms with van der Waals surface area (Å²) in [6, 6.07) is 12.0. The van der Waals surface area contributed by atoms with Gasteiger partial charge >= 0.3 is 5.97 Å². The van der Waals surface area contributed by atoms with Gasteiger partial charge in [-0.05, 0) is 129 Å². The van der Waals surface area contributed by atoms with Crippen LogP contribution in [0.4, 0.5) is 5.69 Å². The van der Waals surface area contributed by atoms with E-state index in [4.69, 9.17) is 29.7 Å². The Morgan fingerprint density at radius 1 is 1.10 bits per heavy atom. The number of fused-ring (bicyclic) bond motifs is 3. The van der Waals surface area contributed by atoms with Gasteiger partial charge in [-0.2, -0.15) is 8.42 Å². The largest absolute Gasteiger partial charge is 0.490 e. The molecule has 4 aliphatic rings. The zero-order valence-electron chi connectivity index (χ0n) is 30.9. The van der Waals surface area contributed by atoms with Crippen LogP contribution in [-0.4, -0.2) is 68.0 Å². The lowest BCUT2D eigenvalue weighted by molar-refractivity contribution is -0.0368. The van der Waals surface area contributed by atoms with Gasteiger partial charge in [-0.1, -0.05) is 44.9 Å². The molecule has 11 heteroatoms. The number of benzene rings is 2. The fourth-order valence-corrected chi connectivity index (χ4v) is 11.0. The fraction of sp³-hybridized carbons (Fsp3) is 0.667. The first kappa shape index (κ1) is 37.6. The van der Waals surface area contributed by atoms with Crippen LogP contribution in [0.5, 0.6) is 5.75 Å². The Labute approximate surface area is 305 Å². The van der Waals surface area contributed by atoms with Crippen molar-refractivity contribution in [3.63, 3.8) is 0 Å². The van der Waals surface area contributed by atoms with E-state index in [0.717, 1.165) is 87.2 Å². The number of anilines is 1. The summed E-state index contributed by atoms with van der Waals surface area (Å²) in [6.45, 7) is 13.6. The van der Waals surface area contributed by atoms with Crippen molar-refractivity contribution in [1.29, 1.82) is 0 Å². The SMILES string of the molecule is COC(=O)c1ccc2c(c1)N(C[C@@H]1CC[C@H]1C(O[Si](C)(C)C(C)(C)C)[C@@H]1CCC[C@H](OS(C)(=O)=O)C1)C[C@@]1(CCCc3cc(Cl)ccc31)CO2. The Morgan fingerprint density at radius 2 is 1.88 bits per heavy atom. The average Bonchev–Trinajstić information content (AvgIpc) is 3.17. The van der Waals surface area contributed by atoms with E-state index in [2.05, 4.69) is 50.9 Å². The second-order valence-electron chi connectivity index (χ2n) is 17.0. The Bertz CT molecular complexity index is 1680. The summed E-state index contributed by atoms with van der Waals surface area (Å²) >= 11 is 6.49. The van der Waals surface area contributed by atoms with Crippen molar-refractivity contribution < 1.29 is 31.3 Å². The van der Waals surface area contributed by atoms with Gasteiger partial charge in [0.2, 0.25) is 0 Å². The molecule has 1 unspecified atom stereocenters. The molecule has 0 radical (unpaired) electrons. The maximum Gasteiger partial charge on any atom is 0.337 e. The Balaban J connectivity index is 1.34. The first-order valence-corrected chi connectivity index (χ1v) is 23.5. The molecular formula is C39H56ClNO7SSi. The van der Waals surface area contributed by atoms with Crippen molar-refractivity contribution in [2.24, 2.45) is 17.8 Å². The van der Waals surface area contributed by atoms with Crippen LogP contribution in [0.3, 0.4) is 0 Å². The molecule has 1 aliphatic heterocycles. The molecule has 0 bridgehead atoms. The van der Waals surface area contributed by atoms with E-state index in [9.17, 15) is 13.2 Å². The van der Waals surface area contributed by atoms with Gasteiger partial charge in [0.15, 0.2) is 8.32 Å². The smallest absolute Gasteiger partial charge is 0.337 e. The minimum absolute atomic E-state index is 0.0243. The molecule has 0 amide bonds. The average molecular weight is 746 g/mol. The number of esters is 1. The number of hydrogen-bond donors (Lipinski definition) is 0. The summed E-state index contributed by atoms with van der Waals surface area (Å²) in [7, 11) is -4.30. The van der Waals surface area contributed by atoms with Gasteiger partial charge in [-0.15, -0.1) is 0 Å². The van der Waals surface area contributed by atoms with E-state index >= 15 is 0 Å². The van der Waals surface area contributed by atoms with Gasteiger partial charge in [0.1, 0.15) is 5.75 Å². The first-order valence-electron chi connectivity index (χ1n) is 18.4. The third kappa shape index (κ3) is 7.94. The number of halogens is 1. The lowest BCUT2D eigenvalue weighted by atomic mass is 9.65. The standard InChI is InChI=1S/C39H56ClNO7SSi/c1-38(2,3)50(6,7)48-36(27-10-8-12-31(21-27)47-49(5,43)44)32-16-13-29(32)23-41-24-39(19-9-11-26-20-30(40)15-17-33(26)39)25-46-35-18-14-28(22-34(35)41)37(42)45-4/h14-15,17-18,20,22,27,29,31-32,36H,8-13,16,19,21,23-25H2,1-7H3/t27-,29+,31+,32-,36?,39+/m1/s1. The number of methoxy groups -OCH3 is 1. The van der Waals surface area contributed by atoms with Crippen LogP contribution < -0.4 is 9.64 Å². The molecular weight excluding hydrogens is 690 g/mol. The summed E-state index contributed by atoms with van der Waals surface area (Å²) in [4.78, 5) is 15.2. The minimum atomic E-state index is -3.54. The summed E-state index contributed by atoms with van der Waals surface area (Å²) in [5, 5.41) is 0.798.